The molecule has 142 valence electrons. The molecule has 1 saturated carbocycles. The molecule has 0 aromatic heterocycles. The standard InChI is InChI=1S/C17H9Cl6NO3/c18-7-1-6(2-8(19)3-7)12-13(17(12,22)23)15(25)24-9-4-10(16(26)27)14(21)11(20)5-9/h1-5,12-13H,(H,24,25)(H,26,27). The second kappa shape index (κ2) is 7.51. The van der Waals surface area contributed by atoms with E-state index in [0.29, 0.717) is 15.6 Å². The molecule has 0 heterocycles. The van der Waals surface area contributed by atoms with Crippen LogP contribution in [0.1, 0.15) is 21.8 Å². The Labute approximate surface area is 184 Å². The SMILES string of the molecule is O=C(O)c1cc(NC(=O)C2C(c3cc(Cl)cc(Cl)c3)C2(Cl)Cl)cc(Cl)c1Cl. The van der Waals surface area contributed by atoms with Crippen LogP contribution in [0.3, 0.4) is 0 Å². The van der Waals surface area contributed by atoms with Gasteiger partial charge in [0, 0.05) is 21.7 Å². The van der Waals surface area contributed by atoms with E-state index in [1.807, 2.05) is 0 Å². The summed E-state index contributed by atoms with van der Waals surface area (Å²) in [4.78, 5) is 23.9. The summed E-state index contributed by atoms with van der Waals surface area (Å²) in [5.74, 6) is -3.10. The van der Waals surface area contributed by atoms with E-state index in [0.717, 1.165) is 0 Å². The molecule has 2 aromatic rings. The number of hydrogen-bond donors (Lipinski definition) is 2. The molecule has 1 fully saturated rings. The second-order valence-corrected chi connectivity index (χ2v) is 9.05. The number of carbonyl (C=O) groups is 2. The Hall–Kier alpha value is -0.880. The molecule has 2 N–H and O–H groups in total. The van der Waals surface area contributed by atoms with Crippen molar-refractivity contribution in [3.05, 3.63) is 61.5 Å². The van der Waals surface area contributed by atoms with Crippen LogP contribution in [0.15, 0.2) is 30.3 Å². The number of carboxylic acid groups (broad SMARTS) is 1. The van der Waals surface area contributed by atoms with Crippen LogP contribution < -0.4 is 5.32 Å². The predicted molar refractivity (Wildman–Crippen MR) is 109 cm³/mol. The molecule has 0 aliphatic heterocycles. The maximum Gasteiger partial charge on any atom is 0.337 e. The topological polar surface area (TPSA) is 66.4 Å². The molecular weight excluding hydrogens is 479 g/mol. The molecule has 0 radical (unpaired) electrons. The van der Waals surface area contributed by atoms with E-state index in [1.165, 1.54) is 12.1 Å². The van der Waals surface area contributed by atoms with Gasteiger partial charge in [0.2, 0.25) is 5.91 Å². The fourth-order valence-electron chi connectivity index (χ4n) is 2.86. The molecule has 2 aromatic carbocycles. The minimum atomic E-state index is -1.36. The van der Waals surface area contributed by atoms with Gasteiger partial charge in [-0.2, -0.15) is 0 Å². The monoisotopic (exact) mass is 485 g/mol. The summed E-state index contributed by atoms with van der Waals surface area (Å²) in [5, 5.41) is 12.4. The van der Waals surface area contributed by atoms with Gasteiger partial charge in [0.15, 0.2) is 0 Å². The van der Waals surface area contributed by atoms with Gasteiger partial charge in [0.05, 0.1) is 21.5 Å². The fraction of sp³-hybridized carbons (Fsp3) is 0.176. The van der Waals surface area contributed by atoms with Gasteiger partial charge in [-0.05, 0) is 35.9 Å². The zero-order valence-electron chi connectivity index (χ0n) is 13.1. The van der Waals surface area contributed by atoms with Gasteiger partial charge in [0.25, 0.3) is 0 Å². The number of amides is 1. The molecule has 1 aliphatic rings. The van der Waals surface area contributed by atoms with Crippen molar-refractivity contribution in [1.82, 2.24) is 0 Å². The summed E-state index contributed by atoms with van der Waals surface area (Å²) in [6.45, 7) is 0. The summed E-state index contributed by atoms with van der Waals surface area (Å²) in [5.41, 5.74) is 0.542. The Morgan fingerprint density at radius 3 is 2.11 bits per heavy atom. The van der Waals surface area contributed by atoms with E-state index in [1.54, 1.807) is 18.2 Å². The first-order valence-electron chi connectivity index (χ1n) is 7.39. The average molecular weight is 488 g/mol. The van der Waals surface area contributed by atoms with Gasteiger partial charge in [-0.1, -0.05) is 46.4 Å². The average Bonchev–Trinajstić information content (AvgIpc) is 3.12. The summed E-state index contributed by atoms with van der Waals surface area (Å²) in [7, 11) is 0. The first-order chi connectivity index (χ1) is 12.5. The van der Waals surface area contributed by atoms with Gasteiger partial charge < -0.3 is 10.4 Å². The highest BCUT2D eigenvalue weighted by Gasteiger charge is 2.67. The summed E-state index contributed by atoms with van der Waals surface area (Å²) in [6, 6.07) is 7.36. The Morgan fingerprint density at radius 2 is 1.56 bits per heavy atom. The van der Waals surface area contributed by atoms with E-state index in [4.69, 9.17) is 69.6 Å². The molecule has 2 atom stereocenters. The third kappa shape index (κ3) is 4.12. The van der Waals surface area contributed by atoms with Crippen molar-refractivity contribution >= 4 is 87.2 Å². The Balaban J connectivity index is 1.86. The van der Waals surface area contributed by atoms with Gasteiger partial charge in [-0.3, -0.25) is 4.79 Å². The highest BCUT2D eigenvalue weighted by Crippen LogP contribution is 2.65. The number of carbonyl (C=O) groups excluding carboxylic acids is 1. The van der Waals surface area contributed by atoms with E-state index in [2.05, 4.69) is 5.32 Å². The van der Waals surface area contributed by atoms with Crippen molar-refractivity contribution in [3.63, 3.8) is 0 Å². The number of halogens is 6. The Bertz CT molecular complexity index is 942. The summed E-state index contributed by atoms with van der Waals surface area (Å²) >= 11 is 36.4. The second-order valence-electron chi connectivity index (χ2n) is 5.95. The number of benzene rings is 2. The van der Waals surface area contributed by atoms with Crippen LogP contribution in [0, 0.1) is 5.92 Å². The van der Waals surface area contributed by atoms with Crippen LogP contribution >= 0.6 is 69.6 Å². The molecule has 10 heteroatoms. The van der Waals surface area contributed by atoms with Crippen LogP contribution in [0.2, 0.25) is 20.1 Å². The van der Waals surface area contributed by atoms with Gasteiger partial charge in [0.1, 0.15) is 4.33 Å². The number of hydrogen-bond acceptors (Lipinski definition) is 2. The first kappa shape index (κ1) is 20.8. The Kier molecular flexibility index (Phi) is 5.80. The minimum absolute atomic E-state index is 0.0103. The number of aromatic carboxylic acids is 1. The highest BCUT2D eigenvalue weighted by atomic mass is 35.5. The minimum Gasteiger partial charge on any atom is -0.478 e. The molecule has 27 heavy (non-hydrogen) atoms. The van der Waals surface area contributed by atoms with Gasteiger partial charge in [-0.25, -0.2) is 4.79 Å². The van der Waals surface area contributed by atoms with Crippen LogP contribution in [0.25, 0.3) is 0 Å². The quantitative estimate of drug-likeness (QED) is 0.482. The third-order valence-electron chi connectivity index (χ3n) is 4.11. The van der Waals surface area contributed by atoms with Crippen LogP contribution in [0.5, 0.6) is 0 Å². The smallest absolute Gasteiger partial charge is 0.337 e. The van der Waals surface area contributed by atoms with Crippen molar-refractivity contribution in [3.8, 4) is 0 Å². The molecule has 3 rings (SSSR count). The van der Waals surface area contributed by atoms with Crippen molar-refractivity contribution in [1.29, 1.82) is 0 Å². The highest BCUT2D eigenvalue weighted by molar-refractivity contribution is 6.53. The zero-order chi connectivity index (χ0) is 20.1. The zero-order valence-corrected chi connectivity index (χ0v) is 17.6. The first-order valence-corrected chi connectivity index (χ1v) is 9.66. The molecule has 1 amide bonds. The number of nitrogens with one attached hydrogen (secondary N) is 1. The van der Waals surface area contributed by atoms with Crippen molar-refractivity contribution in [2.75, 3.05) is 5.32 Å². The van der Waals surface area contributed by atoms with Crippen LogP contribution in [-0.4, -0.2) is 21.3 Å². The van der Waals surface area contributed by atoms with E-state index < -0.39 is 28.0 Å². The number of anilines is 1. The predicted octanol–water partition coefficient (Wildman–Crippen LogP) is 6.52. The lowest BCUT2D eigenvalue weighted by atomic mass is 10.1. The summed E-state index contributed by atoms with van der Waals surface area (Å²) in [6.07, 6.45) is 0. The molecule has 1 aliphatic carbocycles. The van der Waals surface area contributed by atoms with E-state index in [9.17, 15) is 14.7 Å². The van der Waals surface area contributed by atoms with Gasteiger partial charge in [-0.15, -0.1) is 23.2 Å². The lowest BCUT2D eigenvalue weighted by Gasteiger charge is -2.09. The van der Waals surface area contributed by atoms with Crippen molar-refractivity contribution in [2.45, 2.75) is 10.3 Å². The molecule has 0 saturated heterocycles. The van der Waals surface area contributed by atoms with Crippen molar-refractivity contribution < 1.29 is 14.7 Å². The summed E-state index contributed by atoms with van der Waals surface area (Å²) < 4.78 is -1.36. The van der Waals surface area contributed by atoms with Crippen molar-refractivity contribution in [2.24, 2.45) is 5.92 Å². The lowest BCUT2D eigenvalue weighted by molar-refractivity contribution is -0.117. The maximum atomic E-state index is 12.7. The Morgan fingerprint density at radius 1 is 0.963 bits per heavy atom. The third-order valence-corrected chi connectivity index (χ3v) is 6.29. The molecular formula is C17H9Cl6NO3. The van der Waals surface area contributed by atoms with E-state index >= 15 is 0 Å². The molecule has 4 nitrogen and oxygen atoms in total. The normalized spacial score (nSPS) is 20.2. The largest absolute Gasteiger partial charge is 0.478 e. The number of rotatable bonds is 4. The van der Waals surface area contributed by atoms with E-state index in [-0.39, 0.29) is 21.3 Å². The molecule has 2 unspecified atom stereocenters. The number of carboxylic acids is 1. The lowest BCUT2D eigenvalue weighted by Crippen LogP contribution is -2.17. The maximum absolute atomic E-state index is 12.7. The number of alkyl halides is 2. The van der Waals surface area contributed by atoms with Gasteiger partial charge >= 0.3 is 5.97 Å². The van der Waals surface area contributed by atoms with Crippen LogP contribution in [-0.2, 0) is 4.79 Å². The molecule has 0 bridgehead atoms. The molecule has 0 spiro atoms. The van der Waals surface area contributed by atoms with Crippen LogP contribution in [0.4, 0.5) is 5.69 Å². The fourth-order valence-corrected chi connectivity index (χ4v) is 4.64.